The Hall–Kier alpha value is -2.38. The van der Waals surface area contributed by atoms with Crippen molar-refractivity contribution in [2.75, 3.05) is 0 Å². The van der Waals surface area contributed by atoms with Gasteiger partial charge in [-0.15, -0.1) is 11.3 Å². The lowest BCUT2D eigenvalue weighted by Gasteiger charge is -2.12. The SMILES string of the molecule is Cc1nc2sc3cc(-c4cc(C(F)(F)F)ccc4F)ccc3c2c([O-])c1Cl. The minimum Gasteiger partial charge on any atom is -0.871 e. The predicted molar refractivity (Wildman–Crippen MR) is 96.7 cm³/mol. The first-order chi connectivity index (χ1) is 12.7. The third kappa shape index (κ3) is 2.91. The van der Waals surface area contributed by atoms with Gasteiger partial charge in [0.25, 0.3) is 0 Å². The Morgan fingerprint density at radius 2 is 1.85 bits per heavy atom. The fourth-order valence-corrected chi connectivity index (χ4v) is 4.25. The van der Waals surface area contributed by atoms with Crippen LogP contribution in [0.4, 0.5) is 17.6 Å². The van der Waals surface area contributed by atoms with Crippen LogP contribution in [-0.2, 0) is 6.18 Å². The highest BCUT2D eigenvalue weighted by atomic mass is 35.5. The summed E-state index contributed by atoms with van der Waals surface area (Å²) >= 11 is 7.20. The molecule has 0 fully saturated rings. The van der Waals surface area contributed by atoms with Crippen LogP contribution >= 0.6 is 22.9 Å². The van der Waals surface area contributed by atoms with E-state index in [-0.39, 0.29) is 21.9 Å². The molecule has 0 saturated carbocycles. The highest BCUT2D eigenvalue weighted by Crippen LogP contribution is 2.42. The van der Waals surface area contributed by atoms with E-state index in [4.69, 9.17) is 11.6 Å². The molecular weight excluding hydrogens is 402 g/mol. The molecule has 0 bridgehead atoms. The molecule has 0 aliphatic rings. The van der Waals surface area contributed by atoms with Gasteiger partial charge in [0.2, 0.25) is 0 Å². The number of halogens is 5. The molecule has 2 heterocycles. The Bertz CT molecular complexity index is 1220. The number of alkyl halides is 3. The zero-order chi connectivity index (χ0) is 19.5. The molecule has 8 heteroatoms. The summed E-state index contributed by atoms with van der Waals surface area (Å²) in [6, 6.07) is 6.91. The second-order valence-electron chi connectivity index (χ2n) is 6.03. The molecular formula is C19H9ClF4NOS-. The lowest BCUT2D eigenvalue weighted by atomic mass is 10.0. The van der Waals surface area contributed by atoms with E-state index < -0.39 is 17.6 Å². The maximum Gasteiger partial charge on any atom is 0.416 e. The number of hydrogen-bond donors (Lipinski definition) is 0. The van der Waals surface area contributed by atoms with Gasteiger partial charge in [-0.2, -0.15) is 13.2 Å². The topological polar surface area (TPSA) is 36.0 Å². The Labute approximate surface area is 159 Å². The van der Waals surface area contributed by atoms with E-state index in [0.717, 1.165) is 12.1 Å². The molecule has 0 N–H and O–H groups in total. The van der Waals surface area contributed by atoms with Crippen LogP contribution in [0.3, 0.4) is 0 Å². The standard InChI is InChI=1S/C19H10ClF4NOS/c1-8-16(20)17(26)15-11-4-2-9(6-14(11)27-18(15)25-8)12-7-10(19(22,23)24)3-5-13(12)21/h2-7H,1H3,(H,25,26)/p-1. The van der Waals surface area contributed by atoms with Crippen molar-refractivity contribution in [1.29, 1.82) is 0 Å². The third-order valence-corrected chi connectivity index (χ3v) is 5.78. The quantitative estimate of drug-likeness (QED) is 0.345. The van der Waals surface area contributed by atoms with Crippen molar-refractivity contribution in [1.82, 2.24) is 4.98 Å². The van der Waals surface area contributed by atoms with Gasteiger partial charge in [0, 0.05) is 21.0 Å². The smallest absolute Gasteiger partial charge is 0.416 e. The van der Waals surface area contributed by atoms with Gasteiger partial charge in [-0.3, -0.25) is 0 Å². The fraction of sp³-hybridized carbons (Fsp3) is 0.105. The van der Waals surface area contributed by atoms with Crippen LogP contribution in [0.15, 0.2) is 36.4 Å². The molecule has 0 amide bonds. The highest BCUT2D eigenvalue weighted by Gasteiger charge is 2.31. The van der Waals surface area contributed by atoms with Crippen molar-refractivity contribution in [3.8, 4) is 16.9 Å². The maximum atomic E-state index is 14.2. The second kappa shape index (κ2) is 6.07. The monoisotopic (exact) mass is 410 g/mol. The predicted octanol–water partition coefficient (Wildman–Crippen LogP) is 6.31. The largest absolute Gasteiger partial charge is 0.871 e. The number of benzene rings is 2. The first-order valence-corrected chi connectivity index (χ1v) is 8.93. The first kappa shape index (κ1) is 18.0. The molecule has 0 radical (unpaired) electrons. The highest BCUT2D eigenvalue weighted by molar-refractivity contribution is 7.25. The first-order valence-electron chi connectivity index (χ1n) is 7.73. The van der Waals surface area contributed by atoms with Gasteiger partial charge < -0.3 is 5.11 Å². The molecule has 0 spiro atoms. The molecule has 138 valence electrons. The molecule has 0 aliphatic carbocycles. The van der Waals surface area contributed by atoms with Crippen LogP contribution in [0.1, 0.15) is 11.3 Å². The van der Waals surface area contributed by atoms with Crippen molar-refractivity contribution in [2.45, 2.75) is 13.1 Å². The number of hydrogen-bond acceptors (Lipinski definition) is 3. The van der Waals surface area contributed by atoms with Crippen LogP contribution in [0.25, 0.3) is 31.4 Å². The summed E-state index contributed by atoms with van der Waals surface area (Å²) in [5.74, 6) is -1.10. The van der Waals surface area contributed by atoms with Crippen molar-refractivity contribution in [3.63, 3.8) is 0 Å². The van der Waals surface area contributed by atoms with E-state index in [1.807, 2.05) is 0 Å². The summed E-state index contributed by atoms with van der Waals surface area (Å²) in [7, 11) is 0. The van der Waals surface area contributed by atoms with Gasteiger partial charge in [0.15, 0.2) is 0 Å². The van der Waals surface area contributed by atoms with Gasteiger partial charge in [-0.25, -0.2) is 9.37 Å². The van der Waals surface area contributed by atoms with E-state index in [1.54, 1.807) is 19.1 Å². The van der Waals surface area contributed by atoms with Gasteiger partial charge >= 0.3 is 6.18 Å². The van der Waals surface area contributed by atoms with E-state index in [2.05, 4.69) is 4.98 Å². The summed E-state index contributed by atoms with van der Waals surface area (Å²) in [6.45, 7) is 1.62. The molecule has 2 nitrogen and oxygen atoms in total. The molecule has 27 heavy (non-hydrogen) atoms. The third-order valence-electron chi connectivity index (χ3n) is 4.29. The van der Waals surface area contributed by atoms with Crippen molar-refractivity contribution < 1.29 is 22.7 Å². The molecule has 0 saturated heterocycles. The Morgan fingerprint density at radius 3 is 2.56 bits per heavy atom. The lowest BCUT2D eigenvalue weighted by Crippen LogP contribution is -2.05. The van der Waals surface area contributed by atoms with Crippen LogP contribution in [0.2, 0.25) is 5.02 Å². The zero-order valence-electron chi connectivity index (χ0n) is 13.6. The normalized spacial score (nSPS) is 12.2. The summed E-state index contributed by atoms with van der Waals surface area (Å²) in [4.78, 5) is 4.79. The summed E-state index contributed by atoms with van der Waals surface area (Å²) in [5, 5.41) is 13.4. The van der Waals surface area contributed by atoms with Crippen LogP contribution in [0.5, 0.6) is 5.75 Å². The number of pyridine rings is 1. The Balaban J connectivity index is 1.95. The van der Waals surface area contributed by atoms with Crippen molar-refractivity contribution >= 4 is 43.2 Å². The minimum absolute atomic E-state index is 0.0372. The molecule has 4 rings (SSSR count). The molecule has 0 atom stereocenters. The minimum atomic E-state index is -4.57. The van der Waals surface area contributed by atoms with Gasteiger partial charge in [-0.05, 0) is 36.8 Å². The number of aromatic nitrogens is 1. The summed E-state index contributed by atoms with van der Waals surface area (Å²) in [5.41, 5.74) is -0.396. The van der Waals surface area contributed by atoms with Crippen molar-refractivity contribution in [3.05, 3.63) is 58.5 Å². The van der Waals surface area contributed by atoms with Crippen LogP contribution in [0, 0.1) is 12.7 Å². The number of aryl methyl sites for hydroxylation is 1. The van der Waals surface area contributed by atoms with Crippen LogP contribution in [-0.4, -0.2) is 4.98 Å². The molecule has 2 aromatic heterocycles. The molecule has 2 aromatic carbocycles. The summed E-state index contributed by atoms with van der Waals surface area (Å²) in [6.07, 6.45) is -4.57. The number of rotatable bonds is 1. The van der Waals surface area contributed by atoms with Crippen molar-refractivity contribution in [2.24, 2.45) is 0 Å². The van der Waals surface area contributed by atoms with E-state index in [0.29, 0.717) is 32.1 Å². The van der Waals surface area contributed by atoms with E-state index in [1.165, 1.54) is 17.4 Å². The Kier molecular flexibility index (Phi) is 4.05. The second-order valence-corrected chi connectivity index (χ2v) is 7.43. The molecule has 4 aromatic rings. The maximum absolute atomic E-state index is 14.2. The fourth-order valence-electron chi connectivity index (χ4n) is 2.95. The van der Waals surface area contributed by atoms with Gasteiger partial charge in [-0.1, -0.05) is 29.5 Å². The van der Waals surface area contributed by atoms with E-state index >= 15 is 0 Å². The Morgan fingerprint density at radius 1 is 1.11 bits per heavy atom. The number of nitrogens with zero attached hydrogens (tertiary/aromatic N) is 1. The van der Waals surface area contributed by atoms with Crippen LogP contribution < -0.4 is 5.11 Å². The zero-order valence-corrected chi connectivity index (χ0v) is 15.2. The number of fused-ring (bicyclic) bond motifs is 3. The van der Waals surface area contributed by atoms with Gasteiger partial charge in [0.1, 0.15) is 10.6 Å². The van der Waals surface area contributed by atoms with E-state index in [9.17, 15) is 22.7 Å². The molecule has 0 unspecified atom stereocenters. The average molecular weight is 411 g/mol. The van der Waals surface area contributed by atoms with Gasteiger partial charge in [0.05, 0.1) is 16.3 Å². The molecule has 0 aliphatic heterocycles. The summed E-state index contributed by atoms with van der Waals surface area (Å²) < 4.78 is 53.6. The lowest BCUT2D eigenvalue weighted by molar-refractivity contribution is -0.265. The number of thiophene rings is 1. The average Bonchev–Trinajstić information content (AvgIpc) is 2.96.